The summed E-state index contributed by atoms with van der Waals surface area (Å²) >= 11 is 0. The lowest BCUT2D eigenvalue weighted by molar-refractivity contribution is -0.143. The molecule has 0 atom stereocenters. The van der Waals surface area contributed by atoms with Crippen LogP contribution in [0.15, 0.2) is 59.7 Å². The van der Waals surface area contributed by atoms with Crippen molar-refractivity contribution >= 4 is 22.7 Å². The lowest BCUT2D eigenvalue weighted by Gasteiger charge is -2.20. The number of benzene rings is 2. The third-order valence-electron chi connectivity index (χ3n) is 5.91. The highest BCUT2D eigenvalue weighted by atomic mass is 16.6. The maximum atomic E-state index is 12.9. The van der Waals surface area contributed by atoms with Crippen LogP contribution in [0.4, 0.5) is 0 Å². The molecule has 2 aromatic heterocycles. The Bertz CT molecular complexity index is 1520. The second kappa shape index (κ2) is 9.09. The maximum absolute atomic E-state index is 12.9. The van der Waals surface area contributed by atoms with Crippen molar-refractivity contribution in [2.75, 3.05) is 19.8 Å². The second-order valence-electron chi connectivity index (χ2n) is 8.23. The van der Waals surface area contributed by atoms with Gasteiger partial charge in [-0.2, -0.15) is 0 Å². The van der Waals surface area contributed by atoms with Crippen molar-refractivity contribution < 1.29 is 23.8 Å². The van der Waals surface area contributed by atoms with E-state index in [2.05, 4.69) is 4.98 Å². The van der Waals surface area contributed by atoms with Crippen molar-refractivity contribution in [1.82, 2.24) is 14.1 Å². The van der Waals surface area contributed by atoms with Gasteiger partial charge in [-0.05, 0) is 44.2 Å². The zero-order valence-electron chi connectivity index (χ0n) is 19.3. The van der Waals surface area contributed by atoms with E-state index in [1.54, 1.807) is 30.3 Å². The van der Waals surface area contributed by atoms with Crippen LogP contribution >= 0.6 is 0 Å². The SMILES string of the molecule is Cc1cc(C(=O)COC(=O)Cn2cnc3ccccc3c2=O)c(C)n1-c1ccc2c(c1)OCCO2. The normalized spacial score (nSPS) is 12.5. The van der Waals surface area contributed by atoms with Crippen LogP contribution in [0.25, 0.3) is 16.6 Å². The van der Waals surface area contributed by atoms with Crippen LogP contribution < -0.4 is 15.0 Å². The third-order valence-corrected chi connectivity index (χ3v) is 5.91. The number of esters is 1. The minimum Gasteiger partial charge on any atom is -0.486 e. The van der Waals surface area contributed by atoms with Crippen LogP contribution in [0.3, 0.4) is 0 Å². The molecule has 9 heteroatoms. The molecule has 35 heavy (non-hydrogen) atoms. The van der Waals surface area contributed by atoms with Gasteiger partial charge in [0.15, 0.2) is 18.1 Å². The number of Topliss-reactive ketones (excluding diaryl/α,β-unsaturated/α-hetero) is 1. The number of carbonyl (C=O) groups is 2. The molecule has 0 N–H and O–H groups in total. The highest BCUT2D eigenvalue weighted by Crippen LogP contribution is 2.33. The van der Waals surface area contributed by atoms with E-state index in [1.165, 1.54) is 10.9 Å². The lowest BCUT2D eigenvalue weighted by Crippen LogP contribution is -2.26. The Morgan fingerprint density at radius 2 is 1.80 bits per heavy atom. The van der Waals surface area contributed by atoms with Gasteiger partial charge in [0.25, 0.3) is 5.56 Å². The molecule has 5 rings (SSSR count). The van der Waals surface area contributed by atoms with Gasteiger partial charge in [0, 0.05) is 28.7 Å². The fourth-order valence-electron chi connectivity index (χ4n) is 4.24. The van der Waals surface area contributed by atoms with Crippen molar-refractivity contribution in [3.05, 3.63) is 82.2 Å². The number of ketones is 1. The number of nitrogens with zero attached hydrogens (tertiary/aromatic N) is 3. The van der Waals surface area contributed by atoms with Crippen molar-refractivity contribution in [2.45, 2.75) is 20.4 Å². The first-order valence-corrected chi connectivity index (χ1v) is 11.1. The molecular formula is C26H23N3O6. The van der Waals surface area contributed by atoms with Crippen molar-refractivity contribution in [1.29, 1.82) is 0 Å². The fourth-order valence-corrected chi connectivity index (χ4v) is 4.24. The summed E-state index contributed by atoms with van der Waals surface area (Å²) in [5.74, 6) is 0.310. The first kappa shape index (κ1) is 22.4. The van der Waals surface area contributed by atoms with Crippen molar-refractivity contribution in [2.24, 2.45) is 0 Å². The van der Waals surface area contributed by atoms with E-state index in [4.69, 9.17) is 14.2 Å². The van der Waals surface area contributed by atoms with E-state index in [0.29, 0.717) is 41.2 Å². The van der Waals surface area contributed by atoms with Gasteiger partial charge in [-0.15, -0.1) is 0 Å². The number of fused-ring (bicyclic) bond motifs is 2. The molecule has 9 nitrogen and oxygen atoms in total. The Morgan fingerprint density at radius 1 is 1.03 bits per heavy atom. The summed E-state index contributed by atoms with van der Waals surface area (Å²) in [5.41, 5.74) is 3.06. The van der Waals surface area contributed by atoms with E-state index < -0.39 is 12.6 Å². The molecule has 1 aliphatic rings. The first-order valence-electron chi connectivity index (χ1n) is 11.1. The van der Waals surface area contributed by atoms with E-state index in [1.807, 2.05) is 36.6 Å². The first-order chi connectivity index (χ1) is 16.9. The predicted molar refractivity (Wildman–Crippen MR) is 128 cm³/mol. The van der Waals surface area contributed by atoms with Gasteiger partial charge in [0.05, 0.1) is 17.2 Å². The Morgan fingerprint density at radius 3 is 2.63 bits per heavy atom. The van der Waals surface area contributed by atoms with Crippen molar-refractivity contribution in [3.8, 4) is 17.2 Å². The van der Waals surface area contributed by atoms with Crippen molar-refractivity contribution in [3.63, 3.8) is 0 Å². The highest BCUT2D eigenvalue weighted by Gasteiger charge is 2.20. The van der Waals surface area contributed by atoms with E-state index >= 15 is 0 Å². The largest absolute Gasteiger partial charge is 0.486 e. The highest BCUT2D eigenvalue weighted by molar-refractivity contribution is 5.99. The summed E-state index contributed by atoms with van der Waals surface area (Å²) in [7, 11) is 0. The van der Waals surface area contributed by atoms with Gasteiger partial charge < -0.3 is 18.8 Å². The van der Waals surface area contributed by atoms with E-state index in [0.717, 1.165) is 17.1 Å². The number of rotatable bonds is 6. The summed E-state index contributed by atoms with van der Waals surface area (Å²) in [5, 5.41) is 0.408. The van der Waals surface area contributed by atoms with Crippen LogP contribution in [0.1, 0.15) is 21.7 Å². The average Bonchev–Trinajstić information content (AvgIpc) is 3.17. The predicted octanol–water partition coefficient (Wildman–Crippen LogP) is 3.00. The van der Waals surface area contributed by atoms with Gasteiger partial charge in [-0.25, -0.2) is 4.98 Å². The maximum Gasteiger partial charge on any atom is 0.326 e. The lowest BCUT2D eigenvalue weighted by atomic mass is 10.1. The number of hydrogen-bond acceptors (Lipinski definition) is 7. The molecule has 0 aliphatic carbocycles. The monoisotopic (exact) mass is 473 g/mol. The van der Waals surface area contributed by atoms with Crippen LogP contribution in [0, 0.1) is 13.8 Å². The van der Waals surface area contributed by atoms with Crippen LogP contribution in [-0.4, -0.2) is 45.7 Å². The molecule has 0 unspecified atom stereocenters. The number of hydrogen-bond donors (Lipinski definition) is 0. The molecular weight excluding hydrogens is 450 g/mol. The number of aromatic nitrogens is 3. The standard InChI is InChI=1S/C26H23N3O6/c1-16-11-20(17(2)29(16)18-7-8-23-24(12-18)34-10-9-33-23)22(30)14-35-25(31)13-28-15-27-21-6-4-3-5-19(21)26(28)32/h3-8,11-12,15H,9-10,13-14H2,1-2H3. The molecule has 3 heterocycles. The Hall–Kier alpha value is -4.40. The Labute approximate surface area is 200 Å². The van der Waals surface area contributed by atoms with Gasteiger partial charge in [0.1, 0.15) is 19.8 Å². The quantitative estimate of drug-likeness (QED) is 0.313. The molecule has 0 saturated carbocycles. The molecule has 0 bridgehead atoms. The topological polar surface area (TPSA) is 102 Å². The number of para-hydroxylation sites is 1. The fraction of sp³-hybridized carbons (Fsp3) is 0.231. The van der Waals surface area contributed by atoms with E-state index in [9.17, 15) is 14.4 Å². The molecule has 0 saturated heterocycles. The van der Waals surface area contributed by atoms with Crippen LogP contribution in [0.5, 0.6) is 11.5 Å². The summed E-state index contributed by atoms with van der Waals surface area (Å²) < 4.78 is 19.6. The molecule has 2 aromatic carbocycles. The zero-order chi connectivity index (χ0) is 24.5. The molecule has 0 amide bonds. The van der Waals surface area contributed by atoms with Crippen LogP contribution in [0.2, 0.25) is 0 Å². The molecule has 0 spiro atoms. The summed E-state index contributed by atoms with van der Waals surface area (Å²) in [4.78, 5) is 42.0. The average molecular weight is 473 g/mol. The zero-order valence-corrected chi connectivity index (χ0v) is 19.3. The minimum atomic E-state index is -0.696. The molecule has 1 aliphatic heterocycles. The second-order valence-corrected chi connectivity index (χ2v) is 8.23. The molecule has 4 aromatic rings. The van der Waals surface area contributed by atoms with Crippen LogP contribution in [-0.2, 0) is 16.1 Å². The number of ether oxygens (including phenoxy) is 3. The molecule has 0 fully saturated rings. The Kier molecular flexibility index (Phi) is 5.82. The van der Waals surface area contributed by atoms with Gasteiger partial charge in [0.2, 0.25) is 5.78 Å². The Balaban J connectivity index is 1.29. The summed E-state index contributed by atoms with van der Waals surface area (Å²) in [6.07, 6.45) is 1.30. The smallest absolute Gasteiger partial charge is 0.326 e. The van der Waals surface area contributed by atoms with Gasteiger partial charge >= 0.3 is 5.97 Å². The molecule has 178 valence electrons. The third kappa shape index (κ3) is 4.28. The van der Waals surface area contributed by atoms with E-state index in [-0.39, 0.29) is 17.9 Å². The minimum absolute atomic E-state index is 0.333. The summed E-state index contributed by atoms with van der Waals surface area (Å²) in [6, 6.07) is 14.3. The number of aryl methyl sites for hydroxylation is 1. The van der Waals surface area contributed by atoms with Gasteiger partial charge in [-0.3, -0.25) is 19.0 Å². The van der Waals surface area contributed by atoms with Gasteiger partial charge in [-0.1, -0.05) is 12.1 Å². The molecule has 0 radical (unpaired) electrons. The summed E-state index contributed by atoms with van der Waals surface area (Å²) in [6.45, 7) is 3.96. The number of carbonyl (C=O) groups excluding carboxylic acids is 2.